The molecule has 76 valence electrons. The van der Waals surface area contributed by atoms with Gasteiger partial charge < -0.3 is 8.85 Å². The third-order valence-corrected chi connectivity index (χ3v) is 6.76. The minimum atomic E-state index is -1.38. The zero-order valence-corrected chi connectivity index (χ0v) is 10.0. The molecule has 0 aromatic carbocycles. The van der Waals surface area contributed by atoms with E-state index in [0.717, 1.165) is 11.8 Å². The van der Waals surface area contributed by atoms with Gasteiger partial charge in [0.05, 0.1) is 0 Å². The van der Waals surface area contributed by atoms with Gasteiger partial charge in [0.15, 0.2) is 0 Å². The summed E-state index contributed by atoms with van der Waals surface area (Å²) in [5.41, 5.74) is 0. The Hall–Kier alpha value is 0.137. The van der Waals surface area contributed by atoms with Gasteiger partial charge in [0.1, 0.15) is 0 Å². The molecule has 0 radical (unpaired) electrons. The van der Waals surface area contributed by atoms with Gasteiger partial charge in [-0.05, 0) is 37.5 Å². The van der Waals surface area contributed by atoms with Crippen molar-refractivity contribution in [2.24, 2.45) is 11.8 Å². The molecule has 3 heteroatoms. The summed E-state index contributed by atoms with van der Waals surface area (Å²) in [6.45, 7) is 2.39. The van der Waals surface area contributed by atoms with Gasteiger partial charge in [0.2, 0.25) is 0 Å². The van der Waals surface area contributed by atoms with Crippen molar-refractivity contribution < 1.29 is 8.85 Å². The first-order valence-corrected chi connectivity index (χ1v) is 6.79. The lowest BCUT2D eigenvalue weighted by Gasteiger charge is -2.32. The number of rotatable bonds is 3. The quantitative estimate of drug-likeness (QED) is 0.649. The van der Waals surface area contributed by atoms with E-state index in [-0.39, 0.29) is 0 Å². The Morgan fingerprint density at radius 3 is 2.31 bits per heavy atom. The highest BCUT2D eigenvalue weighted by molar-refractivity contribution is 6.48. The molecule has 2 nitrogen and oxygen atoms in total. The van der Waals surface area contributed by atoms with Crippen LogP contribution in [0, 0.1) is 11.8 Å². The summed E-state index contributed by atoms with van der Waals surface area (Å²) in [5, 5.41) is 0.494. The third kappa shape index (κ3) is 1.37. The summed E-state index contributed by atoms with van der Waals surface area (Å²) in [7, 11) is 2.27. The third-order valence-electron chi connectivity index (χ3n) is 4.14. The maximum absolute atomic E-state index is 5.57. The van der Waals surface area contributed by atoms with Gasteiger partial charge in [-0.3, -0.25) is 0 Å². The van der Waals surface area contributed by atoms with Crippen molar-refractivity contribution in [3.05, 3.63) is 0 Å². The maximum atomic E-state index is 5.57. The van der Waals surface area contributed by atoms with Crippen LogP contribution in [0.2, 0.25) is 5.04 Å². The molecule has 0 saturated heterocycles. The molecule has 0 aromatic rings. The van der Waals surface area contributed by atoms with E-state index in [1.807, 2.05) is 14.2 Å². The Balaban J connectivity index is 2.12. The second kappa shape index (κ2) is 3.37. The number of fused-ring (bicyclic) bond motifs is 2. The molecule has 3 atom stereocenters. The van der Waals surface area contributed by atoms with E-state index in [9.17, 15) is 0 Å². The molecule has 13 heavy (non-hydrogen) atoms. The highest BCUT2D eigenvalue weighted by Gasteiger charge is 2.55. The van der Waals surface area contributed by atoms with Crippen LogP contribution in [-0.4, -0.2) is 23.5 Å². The molecule has 2 bridgehead atoms. The summed E-state index contributed by atoms with van der Waals surface area (Å²) in [6, 6.07) is 0. The molecule has 2 saturated carbocycles. The predicted molar refractivity (Wildman–Crippen MR) is 55.0 cm³/mol. The Labute approximate surface area is 82.5 Å². The molecule has 2 aliphatic rings. The summed E-state index contributed by atoms with van der Waals surface area (Å²) < 4.78 is 11.1. The fraction of sp³-hybridized carbons (Fsp3) is 1.00. The fourth-order valence-corrected chi connectivity index (χ4v) is 6.24. The summed E-state index contributed by atoms with van der Waals surface area (Å²) >= 11 is 0. The largest absolute Gasteiger partial charge is 0.400 e. The van der Waals surface area contributed by atoms with Crippen LogP contribution in [-0.2, 0) is 8.85 Å². The molecule has 2 fully saturated rings. The topological polar surface area (TPSA) is 18.5 Å². The van der Waals surface area contributed by atoms with Gasteiger partial charge in [-0.2, -0.15) is 0 Å². The van der Waals surface area contributed by atoms with Gasteiger partial charge in [-0.25, -0.2) is 0 Å². The van der Waals surface area contributed by atoms with Gasteiger partial charge in [0.25, 0.3) is 0 Å². The smallest absolute Gasteiger partial charge is 0.327 e. The first-order chi connectivity index (χ1) is 6.22. The SMILES string of the molecule is CO[SiH](OC)C12CCC(C1)C(C)C2. The van der Waals surface area contributed by atoms with E-state index in [0.29, 0.717) is 5.04 Å². The normalized spacial score (nSPS) is 43.4. The molecule has 0 amide bonds. The number of hydrogen-bond acceptors (Lipinski definition) is 2. The molecule has 0 N–H and O–H groups in total. The molecule has 3 unspecified atom stereocenters. The van der Waals surface area contributed by atoms with Crippen LogP contribution in [0.5, 0.6) is 0 Å². The summed E-state index contributed by atoms with van der Waals surface area (Å²) in [6.07, 6.45) is 5.51. The van der Waals surface area contributed by atoms with Crippen LogP contribution in [0.1, 0.15) is 32.6 Å². The maximum Gasteiger partial charge on any atom is 0.327 e. The van der Waals surface area contributed by atoms with E-state index in [1.54, 1.807) is 0 Å². The van der Waals surface area contributed by atoms with Crippen molar-refractivity contribution in [1.82, 2.24) is 0 Å². The second-order valence-electron chi connectivity index (χ2n) is 4.85. The Kier molecular flexibility index (Phi) is 2.51. The average Bonchev–Trinajstić information content (AvgIpc) is 2.64. The molecule has 0 aliphatic heterocycles. The van der Waals surface area contributed by atoms with E-state index in [2.05, 4.69) is 6.92 Å². The standard InChI is InChI=1S/C10H20O2Si/c1-8-6-10(13(11-2)12-3)5-4-9(8)7-10/h8-9,13H,4-7H2,1-3H3. The Morgan fingerprint density at radius 1 is 1.23 bits per heavy atom. The van der Waals surface area contributed by atoms with Crippen LogP contribution in [0.4, 0.5) is 0 Å². The van der Waals surface area contributed by atoms with Crippen LogP contribution in [0.15, 0.2) is 0 Å². The molecule has 2 rings (SSSR count). The lowest BCUT2D eigenvalue weighted by molar-refractivity contribution is 0.230. The predicted octanol–water partition coefficient (Wildman–Crippen LogP) is 2.08. The van der Waals surface area contributed by atoms with E-state index >= 15 is 0 Å². The van der Waals surface area contributed by atoms with Gasteiger partial charge in [-0.15, -0.1) is 0 Å². The lowest BCUT2D eigenvalue weighted by Crippen LogP contribution is -2.34. The zero-order chi connectivity index (χ0) is 9.47. The second-order valence-corrected chi connectivity index (χ2v) is 7.68. The average molecular weight is 200 g/mol. The molecular weight excluding hydrogens is 180 g/mol. The van der Waals surface area contributed by atoms with Crippen molar-refractivity contribution in [3.63, 3.8) is 0 Å². The first kappa shape index (κ1) is 9.68. The molecule has 0 aromatic heterocycles. The summed E-state index contributed by atoms with van der Waals surface area (Å²) in [5.74, 6) is 1.88. The van der Waals surface area contributed by atoms with E-state index < -0.39 is 9.28 Å². The minimum absolute atomic E-state index is 0.494. The van der Waals surface area contributed by atoms with Crippen molar-refractivity contribution in [1.29, 1.82) is 0 Å². The van der Waals surface area contributed by atoms with Gasteiger partial charge >= 0.3 is 9.28 Å². The molecule has 2 aliphatic carbocycles. The van der Waals surface area contributed by atoms with Crippen LogP contribution < -0.4 is 0 Å². The summed E-state index contributed by atoms with van der Waals surface area (Å²) in [4.78, 5) is 0. The van der Waals surface area contributed by atoms with E-state index in [1.165, 1.54) is 25.7 Å². The van der Waals surface area contributed by atoms with Crippen molar-refractivity contribution in [3.8, 4) is 0 Å². The molecule has 0 spiro atoms. The first-order valence-electron chi connectivity index (χ1n) is 5.27. The fourth-order valence-electron chi connectivity index (χ4n) is 3.58. The monoisotopic (exact) mass is 200 g/mol. The Bertz CT molecular complexity index is 189. The minimum Gasteiger partial charge on any atom is -0.400 e. The Morgan fingerprint density at radius 2 is 1.92 bits per heavy atom. The van der Waals surface area contributed by atoms with Crippen LogP contribution >= 0.6 is 0 Å². The zero-order valence-electron chi connectivity index (χ0n) is 8.88. The highest BCUT2D eigenvalue weighted by Crippen LogP contribution is 2.63. The van der Waals surface area contributed by atoms with Crippen molar-refractivity contribution in [2.45, 2.75) is 37.6 Å². The van der Waals surface area contributed by atoms with E-state index in [4.69, 9.17) is 8.85 Å². The number of hydrogen-bond donors (Lipinski definition) is 0. The van der Waals surface area contributed by atoms with Gasteiger partial charge in [0, 0.05) is 19.3 Å². The van der Waals surface area contributed by atoms with Crippen LogP contribution in [0.3, 0.4) is 0 Å². The molecular formula is C10H20O2Si. The van der Waals surface area contributed by atoms with Crippen molar-refractivity contribution >= 4 is 9.28 Å². The van der Waals surface area contributed by atoms with Gasteiger partial charge in [-0.1, -0.05) is 6.92 Å². The lowest BCUT2D eigenvalue weighted by atomic mass is 9.90. The molecule has 0 heterocycles. The highest BCUT2D eigenvalue weighted by atomic mass is 28.3. The van der Waals surface area contributed by atoms with Crippen molar-refractivity contribution in [2.75, 3.05) is 14.2 Å². The van der Waals surface area contributed by atoms with Crippen LogP contribution in [0.25, 0.3) is 0 Å².